The number of nitrogens with zero attached hydrogens (tertiary/aromatic N) is 1. The van der Waals surface area contributed by atoms with E-state index in [1.807, 2.05) is 41.3 Å². The summed E-state index contributed by atoms with van der Waals surface area (Å²) < 4.78 is 5.33. The van der Waals surface area contributed by atoms with Gasteiger partial charge >= 0.3 is 0 Å². The van der Waals surface area contributed by atoms with E-state index in [1.165, 1.54) is 0 Å². The summed E-state index contributed by atoms with van der Waals surface area (Å²) in [5.41, 5.74) is 8.11. The Morgan fingerprint density at radius 3 is 2.38 bits per heavy atom. The molecule has 0 radical (unpaired) electrons. The van der Waals surface area contributed by atoms with E-state index in [4.69, 9.17) is 10.5 Å². The first-order valence-corrected chi connectivity index (χ1v) is 9.60. The number of carbonyl (C=O) groups excluding carboxylic acids is 2. The van der Waals surface area contributed by atoms with Crippen LogP contribution in [0.25, 0.3) is 0 Å². The number of hydrogen-bond acceptors (Lipinski definition) is 4. The van der Waals surface area contributed by atoms with Gasteiger partial charge in [-0.1, -0.05) is 30.3 Å². The molecular weight excluding hydrogens is 390 g/mol. The van der Waals surface area contributed by atoms with Gasteiger partial charge in [0.15, 0.2) is 0 Å². The van der Waals surface area contributed by atoms with Crippen LogP contribution >= 0.6 is 12.4 Å². The largest absolute Gasteiger partial charge is 0.496 e. The Bertz CT molecular complexity index is 818. The number of ether oxygens (including phenoxy) is 1. The van der Waals surface area contributed by atoms with Crippen LogP contribution in [0.5, 0.6) is 5.75 Å². The number of amides is 2. The summed E-state index contributed by atoms with van der Waals surface area (Å²) in [4.78, 5) is 26.9. The van der Waals surface area contributed by atoms with Gasteiger partial charge in [-0.3, -0.25) is 9.59 Å². The average Bonchev–Trinajstić information content (AvgIpc) is 2.74. The summed E-state index contributed by atoms with van der Waals surface area (Å²) in [6.07, 6.45) is 1.84. The number of piperidine rings is 1. The third-order valence-electron chi connectivity index (χ3n) is 5.17. The summed E-state index contributed by atoms with van der Waals surface area (Å²) in [6, 6.07) is 15.0. The Kier molecular flexibility index (Phi) is 8.49. The van der Waals surface area contributed by atoms with Crippen molar-refractivity contribution in [3.63, 3.8) is 0 Å². The molecule has 1 fully saturated rings. The lowest BCUT2D eigenvalue weighted by molar-refractivity contribution is -0.131. The monoisotopic (exact) mass is 417 g/mol. The molecule has 29 heavy (non-hydrogen) atoms. The number of likely N-dealkylation sites (tertiary alicyclic amines) is 1. The van der Waals surface area contributed by atoms with Crippen molar-refractivity contribution in [2.75, 3.05) is 20.2 Å². The fourth-order valence-corrected chi connectivity index (χ4v) is 3.46. The Hall–Kier alpha value is -2.57. The lowest BCUT2D eigenvalue weighted by atomic mass is 10.0. The molecule has 1 aliphatic heterocycles. The van der Waals surface area contributed by atoms with E-state index in [0.29, 0.717) is 31.6 Å². The minimum atomic E-state index is -0.0811. The maximum absolute atomic E-state index is 12.6. The number of rotatable bonds is 6. The van der Waals surface area contributed by atoms with Crippen molar-refractivity contribution in [3.8, 4) is 5.75 Å². The van der Waals surface area contributed by atoms with Gasteiger partial charge in [0.05, 0.1) is 13.5 Å². The van der Waals surface area contributed by atoms with Crippen molar-refractivity contribution >= 4 is 24.2 Å². The number of carbonyl (C=O) groups is 2. The first-order chi connectivity index (χ1) is 13.6. The Morgan fingerprint density at radius 2 is 1.76 bits per heavy atom. The molecule has 1 aliphatic rings. The number of nitrogens with one attached hydrogen (secondary N) is 1. The first kappa shape index (κ1) is 22.7. The molecule has 0 aliphatic carbocycles. The molecule has 0 atom stereocenters. The van der Waals surface area contributed by atoms with Crippen LogP contribution in [0.1, 0.15) is 34.3 Å². The van der Waals surface area contributed by atoms with Crippen LogP contribution in [-0.2, 0) is 17.8 Å². The predicted molar refractivity (Wildman–Crippen MR) is 115 cm³/mol. The number of methoxy groups -OCH3 is 1. The molecule has 0 saturated carbocycles. The van der Waals surface area contributed by atoms with Crippen molar-refractivity contribution in [1.29, 1.82) is 0 Å². The Labute approximate surface area is 177 Å². The predicted octanol–water partition coefficient (Wildman–Crippen LogP) is 2.54. The highest BCUT2D eigenvalue weighted by atomic mass is 35.5. The van der Waals surface area contributed by atoms with E-state index in [-0.39, 0.29) is 30.3 Å². The molecule has 0 aromatic heterocycles. The van der Waals surface area contributed by atoms with Crippen molar-refractivity contribution in [1.82, 2.24) is 10.2 Å². The van der Waals surface area contributed by atoms with Gasteiger partial charge in [0, 0.05) is 36.8 Å². The molecule has 0 unspecified atom stereocenters. The van der Waals surface area contributed by atoms with E-state index >= 15 is 0 Å². The number of para-hydroxylation sites is 1. The fourth-order valence-electron chi connectivity index (χ4n) is 3.46. The van der Waals surface area contributed by atoms with Gasteiger partial charge in [0.25, 0.3) is 5.91 Å². The lowest BCUT2D eigenvalue weighted by Gasteiger charge is -2.32. The van der Waals surface area contributed by atoms with Crippen molar-refractivity contribution in [3.05, 3.63) is 65.2 Å². The zero-order chi connectivity index (χ0) is 19.9. The van der Waals surface area contributed by atoms with Crippen molar-refractivity contribution in [2.24, 2.45) is 5.73 Å². The molecular formula is C22H28ClN3O3. The standard InChI is InChI=1S/C22H27N3O3.ClH/c1-28-20-5-3-2-4-18(20)14-21(26)25-12-10-19(11-13-25)24-22(27)17-8-6-16(15-23)7-9-17;/h2-9,19H,10-15,23H2,1H3,(H,24,27);1H. The molecule has 3 N–H and O–H groups in total. The van der Waals surface area contributed by atoms with E-state index in [0.717, 1.165) is 29.7 Å². The first-order valence-electron chi connectivity index (χ1n) is 9.60. The number of halogens is 1. The third-order valence-corrected chi connectivity index (χ3v) is 5.17. The molecule has 156 valence electrons. The molecule has 6 nitrogen and oxygen atoms in total. The second-order valence-electron chi connectivity index (χ2n) is 7.02. The number of benzene rings is 2. The summed E-state index contributed by atoms with van der Waals surface area (Å²) in [5.74, 6) is 0.743. The quantitative estimate of drug-likeness (QED) is 0.756. The fraction of sp³-hybridized carbons (Fsp3) is 0.364. The highest BCUT2D eigenvalue weighted by Gasteiger charge is 2.24. The Balaban J connectivity index is 0.00000300. The number of hydrogen-bond donors (Lipinski definition) is 2. The van der Waals surface area contributed by atoms with Crippen LogP contribution in [-0.4, -0.2) is 43.0 Å². The number of nitrogens with two attached hydrogens (primary N) is 1. The Morgan fingerprint density at radius 1 is 1.10 bits per heavy atom. The molecule has 7 heteroatoms. The molecule has 2 aromatic rings. The van der Waals surface area contributed by atoms with Crippen LogP contribution in [0.15, 0.2) is 48.5 Å². The van der Waals surface area contributed by atoms with Crippen LogP contribution < -0.4 is 15.8 Å². The SMILES string of the molecule is COc1ccccc1CC(=O)N1CCC(NC(=O)c2ccc(CN)cc2)CC1.Cl. The minimum absolute atomic E-state index is 0. The highest BCUT2D eigenvalue weighted by molar-refractivity contribution is 5.94. The van der Waals surface area contributed by atoms with Gasteiger partial charge < -0.3 is 20.7 Å². The highest BCUT2D eigenvalue weighted by Crippen LogP contribution is 2.20. The second-order valence-corrected chi connectivity index (χ2v) is 7.02. The maximum atomic E-state index is 12.6. The van der Waals surface area contributed by atoms with E-state index in [9.17, 15) is 9.59 Å². The van der Waals surface area contributed by atoms with E-state index < -0.39 is 0 Å². The van der Waals surface area contributed by atoms with Crippen LogP contribution in [0.3, 0.4) is 0 Å². The lowest BCUT2D eigenvalue weighted by Crippen LogP contribution is -2.47. The van der Waals surface area contributed by atoms with Crippen LogP contribution in [0, 0.1) is 0 Å². The molecule has 0 bridgehead atoms. The molecule has 2 amide bonds. The summed E-state index contributed by atoms with van der Waals surface area (Å²) in [6.45, 7) is 1.75. The smallest absolute Gasteiger partial charge is 0.251 e. The van der Waals surface area contributed by atoms with E-state index in [2.05, 4.69) is 5.32 Å². The van der Waals surface area contributed by atoms with Gasteiger partial charge in [-0.2, -0.15) is 0 Å². The van der Waals surface area contributed by atoms with Crippen molar-refractivity contribution in [2.45, 2.75) is 31.8 Å². The summed E-state index contributed by atoms with van der Waals surface area (Å²) >= 11 is 0. The van der Waals surface area contributed by atoms with Gasteiger partial charge in [-0.15, -0.1) is 12.4 Å². The maximum Gasteiger partial charge on any atom is 0.251 e. The van der Waals surface area contributed by atoms with Crippen molar-refractivity contribution < 1.29 is 14.3 Å². The molecule has 0 spiro atoms. The molecule has 3 rings (SSSR count). The zero-order valence-electron chi connectivity index (χ0n) is 16.6. The summed E-state index contributed by atoms with van der Waals surface area (Å²) in [7, 11) is 1.61. The molecule has 1 heterocycles. The second kappa shape index (κ2) is 10.8. The molecule has 1 saturated heterocycles. The molecule has 2 aromatic carbocycles. The summed E-state index contributed by atoms with van der Waals surface area (Å²) in [5, 5.41) is 3.07. The van der Waals surface area contributed by atoms with Gasteiger partial charge in [-0.05, 0) is 36.6 Å². The van der Waals surface area contributed by atoms with Crippen LogP contribution in [0.4, 0.5) is 0 Å². The van der Waals surface area contributed by atoms with Gasteiger partial charge in [0.2, 0.25) is 5.91 Å². The van der Waals surface area contributed by atoms with E-state index in [1.54, 1.807) is 19.2 Å². The van der Waals surface area contributed by atoms with Gasteiger partial charge in [0.1, 0.15) is 5.75 Å². The zero-order valence-corrected chi connectivity index (χ0v) is 17.4. The third kappa shape index (κ3) is 5.95. The minimum Gasteiger partial charge on any atom is -0.496 e. The van der Waals surface area contributed by atoms with Crippen LogP contribution in [0.2, 0.25) is 0 Å². The van der Waals surface area contributed by atoms with Gasteiger partial charge in [-0.25, -0.2) is 0 Å². The topological polar surface area (TPSA) is 84.7 Å². The normalized spacial score (nSPS) is 14.1. The average molecular weight is 418 g/mol.